The fourth-order valence-electron chi connectivity index (χ4n) is 4.82. The highest BCUT2D eigenvalue weighted by Gasteiger charge is 2.32. The maximum absolute atomic E-state index is 8.96. The van der Waals surface area contributed by atoms with Crippen molar-refractivity contribution in [2.75, 3.05) is 132 Å². The summed E-state index contributed by atoms with van der Waals surface area (Å²) in [5.74, 6) is 13.8. The lowest BCUT2D eigenvalue weighted by Crippen LogP contribution is -2.42. The minimum absolute atomic E-state index is 0.0417. The monoisotopic (exact) mass is 1040 g/mol. The van der Waals surface area contributed by atoms with Crippen LogP contribution in [-0.4, -0.2) is 186 Å². The summed E-state index contributed by atoms with van der Waals surface area (Å²) < 4.78 is 42.0. The minimum Gasteiger partial charge on any atom is -0.394 e. The lowest BCUT2D eigenvalue weighted by Gasteiger charge is -2.32. The van der Waals surface area contributed by atoms with Crippen molar-refractivity contribution in [2.24, 2.45) is 5.41 Å². The highest BCUT2D eigenvalue weighted by Crippen LogP contribution is 2.21. The maximum Gasteiger partial charge on any atom is 0.0781 e. The first kappa shape index (κ1) is 75.4. The molecule has 0 fully saturated rings. The first-order chi connectivity index (χ1) is 35.9. The van der Waals surface area contributed by atoms with E-state index in [9.17, 15) is 0 Å². The average molecular weight is 1040 g/mol. The van der Waals surface area contributed by atoms with E-state index in [4.69, 9.17) is 99.3 Å². The predicted molar refractivity (Wildman–Crippen MR) is 295 cm³/mol. The molecule has 0 saturated heterocycles. The van der Waals surface area contributed by atoms with Crippen molar-refractivity contribution in [3.05, 3.63) is 96.1 Å². The van der Waals surface area contributed by atoms with Gasteiger partial charge in [0.1, 0.15) is 0 Å². The summed E-state index contributed by atoms with van der Waals surface area (Å²) in [4.78, 5) is 0. The molecule has 0 radical (unpaired) electrons. The molecule has 74 heavy (non-hydrogen) atoms. The van der Waals surface area contributed by atoms with Crippen LogP contribution in [-0.2, 0) is 37.9 Å². The zero-order valence-corrected chi connectivity index (χ0v) is 44.9. The van der Waals surface area contributed by atoms with Crippen LogP contribution in [0.3, 0.4) is 0 Å². The van der Waals surface area contributed by atoms with Crippen LogP contribution < -0.4 is 0 Å². The Morgan fingerprint density at radius 2 is 0.797 bits per heavy atom. The molecule has 3 atom stereocenters. The van der Waals surface area contributed by atoms with Crippen molar-refractivity contribution in [1.29, 1.82) is 0 Å². The number of benzene rings is 2. The van der Waals surface area contributed by atoms with Crippen LogP contribution in [0.25, 0.3) is 11.1 Å². The van der Waals surface area contributed by atoms with E-state index < -0.39 is 11.5 Å². The number of allylic oxidation sites excluding steroid dienone is 6. The summed E-state index contributed by atoms with van der Waals surface area (Å²) in [5.41, 5.74) is 3.44. The molecule has 15 nitrogen and oxygen atoms in total. The van der Waals surface area contributed by atoms with Crippen LogP contribution in [0.15, 0.2) is 85.0 Å². The SMILES string of the molecule is C#CC#CC#C.C#Cc1ccc(-c2ccc(C#C)cc2)cc1.C/C=C/C=C/C=C/C.CCC(C)OCC(C)OCC(C)O.OCCOCC(COCCO)(COCCO)COCCO.OCCOCCOCCO. The molecule has 0 aromatic heterocycles. The van der Waals surface area contributed by atoms with E-state index in [0.29, 0.717) is 39.6 Å². The molecule has 2 rings (SSSR count). The highest BCUT2D eigenvalue weighted by molar-refractivity contribution is 5.65. The second-order valence-electron chi connectivity index (χ2n) is 15.2. The summed E-state index contributed by atoms with van der Waals surface area (Å²) in [7, 11) is 0. The Hall–Kier alpha value is -5.14. The van der Waals surface area contributed by atoms with Gasteiger partial charge in [0.05, 0.1) is 156 Å². The quantitative estimate of drug-likeness (QED) is 0.0289. The average Bonchev–Trinajstić information content (AvgIpc) is 3.42. The largest absolute Gasteiger partial charge is 0.394 e. The van der Waals surface area contributed by atoms with Crippen molar-refractivity contribution in [2.45, 2.75) is 66.3 Å². The third-order valence-electron chi connectivity index (χ3n) is 8.59. The summed E-state index contributed by atoms with van der Waals surface area (Å²) in [6.45, 7) is 15.8. The van der Waals surface area contributed by atoms with Crippen molar-refractivity contribution in [1.82, 2.24) is 0 Å². The van der Waals surface area contributed by atoms with Gasteiger partial charge in [0, 0.05) is 11.1 Å². The fourth-order valence-corrected chi connectivity index (χ4v) is 4.82. The molecule has 0 heterocycles. The lowest BCUT2D eigenvalue weighted by molar-refractivity contribution is -0.115. The normalized spacial score (nSPS) is 11.6. The van der Waals surface area contributed by atoms with Crippen molar-refractivity contribution < 1.29 is 73.6 Å². The molecule has 0 aliphatic rings. The van der Waals surface area contributed by atoms with E-state index in [1.165, 1.54) is 0 Å². The number of aliphatic hydroxyl groups is 7. The van der Waals surface area contributed by atoms with Crippen molar-refractivity contribution >= 4 is 0 Å². The number of ether oxygens (including phenoxy) is 8. The summed E-state index contributed by atoms with van der Waals surface area (Å²) in [5, 5.41) is 60.6. The zero-order valence-electron chi connectivity index (χ0n) is 44.9. The second kappa shape index (κ2) is 60.4. The minimum atomic E-state index is -0.630. The zero-order chi connectivity index (χ0) is 56.2. The van der Waals surface area contributed by atoms with Crippen LogP contribution in [0, 0.1) is 66.6 Å². The smallest absolute Gasteiger partial charge is 0.0781 e. The van der Waals surface area contributed by atoms with Gasteiger partial charge in [0.25, 0.3) is 0 Å². The molecule has 0 saturated carbocycles. The summed E-state index contributed by atoms with van der Waals surface area (Å²) in [6, 6.07) is 15.8. The molecule has 15 heteroatoms. The molecule has 3 unspecified atom stereocenters. The standard InChI is InChI=1S/C16H10.C13H28O8.C10H22O3.C8H12.C6H14O4.C6H2/c1-3-13-5-9-15(10-6-13)16-11-7-14(4-2)8-12-16;14-1-5-18-9-13(10-19-6-2-15,11-20-7-3-16)12-21-8-4-17;1-5-9(3)13-7-10(4)12-6-8(2)11;1-3-5-7-8-6-4-2;7-1-3-9-5-6-10-4-2-8;1-3-5-6-4-2/h1-2,5-12H;14-17H,1-12H2;8-11H,5-7H2,1-4H3;3-8H,1-2H3;7-8H,1-6H2;1-2H/b;;;5-3+,6-4+,8-7+;;. The van der Waals surface area contributed by atoms with Crippen LogP contribution in [0.5, 0.6) is 0 Å². The number of aliphatic hydroxyl groups excluding tert-OH is 7. The molecule has 2 aromatic rings. The van der Waals surface area contributed by atoms with E-state index >= 15 is 0 Å². The van der Waals surface area contributed by atoms with E-state index in [0.717, 1.165) is 28.7 Å². The topological polar surface area (TPSA) is 215 Å². The molecule has 7 N–H and O–H groups in total. The molecule has 0 spiro atoms. The predicted octanol–water partition coefficient (Wildman–Crippen LogP) is 4.87. The summed E-state index contributed by atoms with van der Waals surface area (Å²) in [6.07, 6.45) is 33.0. The first-order valence-corrected chi connectivity index (χ1v) is 24.4. The Morgan fingerprint density at radius 3 is 1.07 bits per heavy atom. The maximum atomic E-state index is 8.96. The van der Waals surface area contributed by atoms with Gasteiger partial charge in [-0.05, 0) is 100 Å². The van der Waals surface area contributed by atoms with Crippen molar-refractivity contribution in [3.63, 3.8) is 0 Å². The molecule has 0 aliphatic carbocycles. The van der Waals surface area contributed by atoms with Gasteiger partial charge in [-0.2, -0.15) is 0 Å². The Labute approximate surface area is 444 Å². The second-order valence-corrected chi connectivity index (χ2v) is 15.2. The van der Waals surface area contributed by atoms with Crippen molar-refractivity contribution in [3.8, 4) is 72.3 Å². The van der Waals surface area contributed by atoms with Gasteiger partial charge in [-0.3, -0.25) is 0 Å². The van der Waals surface area contributed by atoms with E-state index in [2.05, 4.69) is 42.4 Å². The Bertz CT molecular complexity index is 1700. The van der Waals surface area contributed by atoms with Crippen LogP contribution in [0.2, 0.25) is 0 Å². The van der Waals surface area contributed by atoms with Crippen LogP contribution in [0.1, 0.15) is 59.1 Å². The molecule has 2 aromatic carbocycles. The Balaban J connectivity index is -0.000000416. The van der Waals surface area contributed by atoms with Gasteiger partial charge in [0.15, 0.2) is 0 Å². The molecular formula is C59H88O15. The van der Waals surface area contributed by atoms with Gasteiger partial charge in [-0.15, -0.1) is 25.7 Å². The first-order valence-electron chi connectivity index (χ1n) is 24.4. The van der Waals surface area contributed by atoms with Gasteiger partial charge in [0.2, 0.25) is 0 Å². The molecule has 0 aliphatic heterocycles. The Kier molecular flexibility index (Phi) is 61.5. The lowest BCUT2D eigenvalue weighted by atomic mass is 9.92. The van der Waals surface area contributed by atoms with Crippen LogP contribution >= 0.6 is 0 Å². The highest BCUT2D eigenvalue weighted by atomic mass is 16.5. The van der Waals surface area contributed by atoms with E-state index in [-0.39, 0.29) is 105 Å². The van der Waals surface area contributed by atoms with Gasteiger partial charge in [-0.25, -0.2) is 0 Å². The van der Waals surface area contributed by atoms with Gasteiger partial charge in [-0.1, -0.05) is 79.5 Å². The number of hydrogen-bond donors (Lipinski definition) is 7. The fraction of sp³-hybridized carbons (Fsp3) is 0.525. The Morgan fingerprint density at radius 1 is 0.473 bits per heavy atom. The van der Waals surface area contributed by atoms with Crippen LogP contribution in [0.4, 0.5) is 0 Å². The van der Waals surface area contributed by atoms with Gasteiger partial charge < -0.3 is 73.6 Å². The third-order valence-corrected chi connectivity index (χ3v) is 8.59. The molecule has 414 valence electrons. The summed E-state index contributed by atoms with van der Waals surface area (Å²) >= 11 is 0. The number of hydrogen-bond acceptors (Lipinski definition) is 15. The number of rotatable bonds is 33. The van der Waals surface area contributed by atoms with E-state index in [1.54, 1.807) is 6.92 Å². The molecular weight excluding hydrogens is 949 g/mol. The molecule has 0 amide bonds. The molecule has 0 bridgehead atoms. The third kappa shape index (κ3) is 53.2. The van der Waals surface area contributed by atoms with E-state index in [1.807, 2.05) is 113 Å². The number of terminal acetylenes is 4. The van der Waals surface area contributed by atoms with Gasteiger partial charge >= 0.3 is 0 Å².